The summed E-state index contributed by atoms with van der Waals surface area (Å²) < 4.78 is 9.92. The molecule has 0 unspecified atom stereocenters. The quantitative estimate of drug-likeness (QED) is 0.633. The molecule has 0 atom stereocenters. The van der Waals surface area contributed by atoms with Crippen LogP contribution in [0.4, 0.5) is 0 Å². The van der Waals surface area contributed by atoms with Gasteiger partial charge in [-0.15, -0.1) is 0 Å². The Morgan fingerprint density at radius 1 is 1.17 bits per heavy atom. The second kappa shape index (κ2) is 6.68. The van der Waals surface area contributed by atoms with Crippen molar-refractivity contribution in [3.63, 3.8) is 0 Å². The van der Waals surface area contributed by atoms with Crippen LogP contribution in [-0.4, -0.2) is 24.9 Å². The maximum atomic E-state index is 12.1. The van der Waals surface area contributed by atoms with Crippen molar-refractivity contribution in [2.45, 2.75) is 0 Å². The van der Waals surface area contributed by atoms with Gasteiger partial charge in [-0.2, -0.15) is 0 Å². The number of ether oxygens (including phenoxy) is 2. The lowest BCUT2D eigenvalue weighted by atomic mass is 10.1. The fourth-order valence-corrected chi connectivity index (χ4v) is 2.44. The van der Waals surface area contributed by atoms with E-state index in [1.807, 2.05) is 0 Å². The van der Waals surface area contributed by atoms with E-state index in [9.17, 15) is 9.59 Å². The summed E-state index contributed by atoms with van der Waals surface area (Å²) in [5.74, 6) is -0.971. The van der Waals surface area contributed by atoms with E-state index in [1.54, 1.807) is 48.5 Å². The Morgan fingerprint density at radius 3 is 2.62 bits per heavy atom. The highest BCUT2D eigenvalue weighted by atomic mass is 35.5. The molecule has 0 bridgehead atoms. The molecule has 0 fully saturated rings. The number of carbonyl (C=O) groups is 2. The molecule has 0 saturated heterocycles. The second-order valence-electron chi connectivity index (χ2n) is 4.89. The number of rotatable bonds is 3. The fourth-order valence-electron chi connectivity index (χ4n) is 2.23. The van der Waals surface area contributed by atoms with Crippen LogP contribution in [0.1, 0.15) is 21.5 Å². The highest BCUT2D eigenvalue weighted by molar-refractivity contribution is 6.34. The zero-order chi connectivity index (χ0) is 17.1. The zero-order valence-electron chi connectivity index (χ0n) is 12.7. The van der Waals surface area contributed by atoms with Crippen molar-refractivity contribution in [2.24, 2.45) is 4.99 Å². The van der Waals surface area contributed by atoms with Crippen molar-refractivity contribution in [1.82, 2.24) is 0 Å². The summed E-state index contributed by atoms with van der Waals surface area (Å²) in [6.07, 6.45) is 1.48. The molecular formula is C18H12ClNO4. The molecule has 0 aliphatic carbocycles. The molecule has 6 heteroatoms. The smallest absolute Gasteiger partial charge is 0.363 e. The third-order valence-electron chi connectivity index (χ3n) is 3.38. The fraction of sp³-hybridized carbons (Fsp3) is 0.0556. The van der Waals surface area contributed by atoms with Gasteiger partial charge in [-0.3, -0.25) is 0 Å². The van der Waals surface area contributed by atoms with Gasteiger partial charge in [0.2, 0.25) is 5.90 Å². The first kappa shape index (κ1) is 16.0. The lowest BCUT2D eigenvalue weighted by molar-refractivity contribution is -0.129. The summed E-state index contributed by atoms with van der Waals surface area (Å²) in [6.45, 7) is 0. The van der Waals surface area contributed by atoms with Crippen molar-refractivity contribution < 1.29 is 19.1 Å². The molecule has 120 valence electrons. The molecule has 0 radical (unpaired) electrons. The van der Waals surface area contributed by atoms with E-state index >= 15 is 0 Å². The van der Waals surface area contributed by atoms with Crippen LogP contribution in [0.25, 0.3) is 6.08 Å². The van der Waals surface area contributed by atoms with E-state index in [0.29, 0.717) is 21.7 Å². The number of hydrogen-bond acceptors (Lipinski definition) is 5. The first-order chi connectivity index (χ1) is 11.6. The van der Waals surface area contributed by atoms with Gasteiger partial charge in [-0.05, 0) is 29.8 Å². The maximum Gasteiger partial charge on any atom is 0.363 e. The van der Waals surface area contributed by atoms with Crippen molar-refractivity contribution >= 4 is 35.5 Å². The Morgan fingerprint density at radius 2 is 1.88 bits per heavy atom. The van der Waals surface area contributed by atoms with Crippen molar-refractivity contribution in [2.75, 3.05) is 7.11 Å². The van der Waals surface area contributed by atoms with Crippen LogP contribution in [0.5, 0.6) is 0 Å². The molecule has 0 aromatic heterocycles. The normalized spacial score (nSPS) is 15.2. The minimum absolute atomic E-state index is 0.0845. The van der Waals surface area contributed by atoms with E-state index < -0.39 is 11.9 Å². The third kappa shape index (κ3) is 3.07. The van der Waals surface area contributed by atoms with Crippen molar-refractivity contribution in [3.05, 3.63) is 75.9 Å². The molecule has 3 rings (SSSR count). The van der Waals surface area contributed by atoms with E-state index in [2.05, 4.69) is 4.99 Å². The average Bonchev–Trinajstić information content (AvgIpc) is 2.95. The number of esters is 2. The van der Waals surface area contributed by atoms with E-state index in [4.69, 9.17) is 21.1 Å². The van der Waals surface area contributed by atoms with Gasteiger partial charge in [0.15, 0.2) is 5.70 Å². The third-order valence-corrected chi connectivity index (χ3v) is 3.71. The van der Waals surface area contributed by atoms with E-state index in [1.165, 1.54) is 13.2 Å². The largest absolute Gasteiger partial charge is 0.465 e. The minimum Gasteiger partial charge on any atom is -0.465 e. The average molecular weight is 342 g/mol. The Bertz CT molecular complexity index is 886. The Kier molecular flexibility index (Phi) is 4.44. The Balaban J connectivity index is 2.01. The topological polar surface area (TPSA) is 65.0 Å². The van der Waals surface area contributed by atoms with Gasteiger partial charge in [0.05, 0.1) is 23.3 Å². The number of aliphatic imine (C=N–C) groups is 1. The minimum atomic E-state index is -0.607. The number of cyclic esters (lactones) is 1. The number of halogens is 1. The van der Waals surface area contributed by atoms with Crippen LogP contribution >= 0.6 is 11.6 Å². The van der Waals surface area contributed by atoms with Gasteiger partial charge >= 0.3 is 11.9 Å². The predicted molar refractivity (Wildman–Crippen MR) is 89.8 cm³/mol. The van der Waals surface area contributed by atoms with Crippen LogP contribution < -0.4 is 0 Å². The Hall–Kier alpha value is -2.92. The van der Waals surface area contributed by atoms with Crippen LogP contribution in [0, 0.1) is 0 Å². The molecule has 1 aliphatic rings. The highest BCUT2D eigenvalue weighted by Gasteiger charge is 2.26. The van der Waals surface area contributed by atoms with Crippen molar-refractivity contribution in [3.8, 4) is 0 Å². The monoisotopic (exact) mass is 341 g/mol. The molecule has 1 aliphatic heterocycles. The molecule has 0 saturated carbocycles. The van der Waals surface area contributed by atoms with Gasteiger partial charge in [0.25, 0.3) is 0 Å². The molecule has 2 aromatic carbocycles. The standard InChI is InChI=1S/C18H12ClNO4/c1-23-17(21)12-7-3-2-6-11(12)10-15-18(22)24-16(20-15)13-8-4-5-9-14(13)19/h2-10H,1H3/b15-10-. The van der Waals surface area contributed by atoms with Crippen LogP contribution in [0.2, 0.25) is 5.02 Å². The molecular weight excluding hydrogens is 330 g/mol. The molecule has 0 amide bonds. The van der Waals surface area contributed by atoms with Crippen LogP contribution in [0.3, 0.4) is 0 Å². The maximum absolute atomic E-state index is 12.1. The summed E-state index contributed by atoms with van der Waals surface area (Å²) in [5, 5.41) is 0.431. The lowest BCUT2D eigenvalue weighted by Gasteiger charge is -2.03. The van der Waals surface area contributed by atoms with Gasteiger partial charge < -0.3 is 9.47 Å². The summed E-state index contributed by atoms with van der Waals surface area (Å²) in [6, 6.07) is 13.7. The molecule has 2 aromatic rings. The molecule has 24 heavy (non-hydrogen) atoms. The highest BCUT2D eigenvalue weighted by Crippen LogP contribution is 2.24. The first-order valence-electron chi connectivity index (χ1n) is 7.05. The van der Waals surface area contributed by atoms with Gasteiger partial charge in [0.1, 0.15) is 0 Å². The number of carbonyl (C=O) groups excluding carboxylic acids is 2. The van der Waals surface area contributed by atoms with Crippen molar-refractivity contribution in [1.29, 1.82) is 0 Å². The second-order valence-corrected chi connectivity index (χ2v) is 5.30. The number of nitrogens with zero attached hydrogens (tertiary/aromatic N) is 1. The number of benzene rings is 2. The van der Waals surface area contributed by atoms with Crippen LogP contribution in [0.15, 0.2) is 59.2 Å². The molecule has 5 nitrogen and oxygen atoms in total. The zero-order valence-corrected chi connectivity index (χ0v) is 13.4. The van der Waals surface area contributed by atoms with E-state index in [-0.39, 0.29) is 11.6 Å². The summed E-state index contributed by atoms with van der Waals surface area (Å²) in [7, 11) is 1.30. The summed E-state index contributed by atoms with van der Waals surface area (Å²) >= 11 is 6.09. The molecule has 1 heterocycles. The summed E-state index contributed by atoms with van der Waals surface area (Å²) in [4.78, 5) is 28.1. The van der Waals surface area contributed by atoms with E-state index in [0.717, 1.165) is 0 Å². The number of methoxy groups -OCH3 is 1. The predicted octanol–water partition coefficient (Wildman–Crippen LogP) is 3.47. The van der Waals surface area contributed by atoms with Gasteiger partial charge in [0, 0.05) is 0 Å². The Labute approximate surface area is 143 Å². The SMILES string of the molecule is COC(=O)c1ccccc1/C=C1\N=C(c2ccccc2Cl)OC1=O. The first-order valence-corrected chi connectivity index (χ1v) is 7.43. The summed E-state index contributed by atoms with van der Waals surface area (Å²) in [5.41, 5.74) is 1.46. The van der Waals surface area contributed by atoms with Crippen LogP contribution in [-0.2, 0) is 14.3 Å². The number of hydrogen-bond donors (Lipinski definition) is 0. The van der Waals surface area contributed by atoms with Gasteiger partial charge in [-0.1, -0.05) is 41.9 Å². The molecule has 0 N–H and O–H groups in total. The van der Waals surface area contributed by atoms with Gasteiger partial charge in [-0.25, -0.2) is 14.6 Å². The molecule has 0 spiro atoms. The lowest BCUT2D eigenvalue weighted by Crippen LogP contribution is -2.06.